The largest absolute Gasteiger partial charge is 0.419 e. The minimum absolute atomic E-state index is 0.166. The Morgan fingerprint density at radius 1 is 1.16 bits per heavy atom. The van der Waals surface area contributed by atoms with Gasteiger partial charge >= 0.3 is 6.18 Å². The van der Waals surface area contributed by atoms with Gasteiger partial charge in [-0.2, -0.15) is 18.3 Å². The lowest BCUT2D eigenvalue weighted by Crippen LogP contribution is -2.20. The molecule has 3 rings (SSSR count). The first-order chi connectivity index (χ1) is 14.7. The highest BCUT2D eigenvalue weighted by molar-refractivity contribution is 7.89. The smallest absolute Gasteiger partial charge is 0.369 e. The molecular weight excluding hydrogens is 483 g/mol. The molecule has 0 saturated carbocycles. The average Bonchev–Trinajstić information content (AvgIpc) is 3.10. The van der Waals surface area contributed by atoms with Crippen LogP contribution in [-0.2, 0) is 27.4 Å². The van der Waals surface area contributed by atoms with Crippen molar-refractivity contribution >= 4 is 27.5 Å². The van der Waals surface area contributed by atoms with Crippen molar-refractivity contribution in [2.75, 3.05) is 0 Å². The molecule has 7 nitrogen and oxygen atoms in total. The molecule has 0 bridgehead atoms. The molecule has 32 heavy (non-hydrogen) atoms. The van der Waals surface area contributed by atoms with Gasteiger partial charge in [-0.3, -0.25) is 4.79 Å². The van der Waals surface area contributed by atoms with E-state index in [-0.39, 0.29) is 5.56 Å². The zero-order valence-electron chi connectivity index (χ0n) is 15.6. The summed E-state index contributed by atoms with van der Waals surface area (Å²) in [6, 6.07) is 3.23. The van der Waals surface area contributed by atoms with E-state index in [1.807, 2.05) is 0 Å². The molecule has 0 unspecified atom stereocenters. The second-order valence-electron chi connectivity index (χ2n) is 6.55. The Morgan fingerprint density at radius 2 is 1.81 bits per heavy atom. The van der Waals surface area contributed by atoms with Gasteiger partial charge in [-0.05, 0) is 17.7 Å². The Kier molecular flexibility index (Phi) is 6.02. The Labute approximate surface area is 182 Å². The first kappa shape index (κ1) is 23.6. The van der Waals surface area contributed by atoms with E-state index in [0.717, 1.165) is 12.1 Å². The molecule has 0 aliphatic rings. The summed E-state index contributed by atoms with van der Waals surface area (Å²) in [4.78, 5) is 10.6. The number of carbonyl (C=O) groups excluding carboxylic acids is 1. The van der Waals surface area contributed by atoms with Crippen molar-refractivity contribution in [3.8, 4) is 16.8 Å². The highest BCUT2D eigenvalue weighted by atomic mass is 35.5. The van der Waals surface area contributed by atoms with Crippen molar-refractivity contribution in [2.45, 2.75) is 17.5 Å². The lowest BCUT2D eigenvalue weighted by Gasteiger charge is -2.19. The van der Waals surface area contributed by atoms with Gasteiger partial charge in [-0.1, -0.05) is 17.7 Å². The van der Waals surface area contributed by atoms with Crippen molar-refractivity contribution in [2.24, 2.45) is 10.9 Å². The number of amides is 1. The van der Waals surface area contributed by atoms with Gasteiger partial charge in [0.1, 0.15) is 16.5 Å². The maximum absolute atomic E-state index is 14.7. The number of carbonyl (C=O) groups is 1. The molecule has 0 aliphatic heterocycles. The normalized spacial score (nSPS) is 12.2. The molecule has 0 fully saturated rings. The van der Waals surface area contributed by atoms with E-state index in [0.29, 0.717) is 29.2 Å². The quantitative estimate of drug-likeness (QED) is 0.529. The lowest BCUT2D eigenvalue weighted by molar-refractivity contribution is -0.137. The number of primary amides is 1. The predicted octanol–water partition coefficient (Wildman–Crippen LogP) is 3.16. The van der Waals surface area contributed by atoms with Crippen LogP contribution in [0, 0.1) is 11.6 Å². The zero-order chi connectivity index (χ0) is 24.0. The maximum Gasteiger partial charge on any atom is 0.419 e. The van der Waals surface area contributed by atoms with Crippen LogP contribution in [0.25, 0.3) is 16.8 Å². The molecule has 3 aromatic rings. The third-order valence-electron chi connectivity index (χ3n) is 4.29. The number of hydrogen-bond acceptors (Lipinski definition) is 4. The van der Waals surface area contributed by atoms with Gasteiger partial charge in [0.25, 0.3) is 0 Å². The van der Waals surface area contributed by atoms with Gasteiger partial charge < -0.3 is 5.73 Å². The molecule has 2 aromatic carbocycles. The average molecular weight is 495 g/mol. The molecule has 0 spiro atoms. The number of hydrogen-bond donors (Lipinski definition) is 2. The van der Waals surface area contributed by atoms with Gasteiger partial charge in [0.2, 0.25) is 15.9 Å². The highest BCUT2D eigenvalue weighted by Crippen LogP contribution is 2.41. The minimum Gasteiger partial charge on any atom is -0.369 e. The number of sulfonamides is 1. The van der Waals surface area contributed by atoms with Crippen LogP contribution < -0.4 is 10.9 Å². The van der Waals surface area contributed by atoms with Gasteiger partial charge in [0, 0.05) is 23.4 Å². The van der Waals surface area contributed by atoms with Crippen LogP contribution >= 0.6 is 11.6 Å². The number of nitrogens with zero attached hydrogens (tertiary/aromatic N) is 2. The Morgan fingerprint density at radius 3 is 2.31 bits per heavy atom. The Balaban J connectivity index is 2.47. The van der Waals surface area contributed by atoms with Crippen LogP contribution in [0.2, 0.25) is 5.02 Å². The van der Waals surface area contributed by atoms with Crippen LogP contribution in [0.4, 0.5) is 22.0 Å². The van der Waals surface area contributed by atoms with Gasteiger partial charge in [0.05, 0.1) is 28.9 Å². The second-order valence-corrected chi connectivity index (χ2v) is 8.46. The summed E-state index contributed by atoms with van der Waals surface area (Å²) < 4.78 is 92.9. The molecule has 170 valence electrons. The summed E-state index contributed by atoms with van der Waals surface area (Å²) in [6.45, 7) is 0. The van der Waals surface area contributed by atoms with Crippen LogP contribution in [0.5, 0.6) is 0 Å². The molecule has 0 radical (unpaired) electrons. The van der Waals surface area contributed by atoms with Crippen molar-refractivity contribution in [3.05, 3.63) is 64.4 Å². The molecular formula is C18H12ClF5N4O3S. The topological polar surface area (TPSA) is 121 Å². The maximum atomic E-state index is 14.7. The highest BCUT2D eigenvalue weighted by Gasteiger charge is 2.34. The van der Waals surface area contributed by atoms with E-state index in [4.69, 9.17) is 22.5 Å². The van der Waals surface area contributed by atoms with E-state index >= 15 is 0 Å². The second kappa shape index (κ2) is 8.15. The number of alkyl halides is 3. The third-order valence-corrected chi connectivity index (χ3v) is 5.57. The van der Waals surface area contributed by atoms with Crippen molar-refractivity contribution < 1.29 is 35.2 Å². The van der Waals surface area contributed by atoms with Crippen molar-refractivity contribution in [1.82, 2.24) is 9.78 Å². The Hall–Kier alpha value is -3.03. The van der Waals surface area contributed by atoms with Crippen LogP contribution in [0.3, 0.4) is 0 Å². The monoisotopic (exact) mass is 494 g/mol. The summed E-state index contributed by atoms with van der Waals surface area (Å²) in [6.07, 6.45) is -4.47. The van der Waals surface area contributed by atoms with E-state index < -0.39 is 72.5 Å². The standard InChI is InChI=1S/C18H12ClF5N4O3S/c19-11-4-10(20)5-12(21)16(11)15-8(3-14(25)29)1-2-13(17(15)32(26,30)31)28-7-9(6-27-28)18(22,23)24/h1-2,4-7H,3H2,(H2,25,29)(H2,26,30,31). The van der Waals surface area contributed by atoms with Gasteiger partial charge in [-0.15, -0.1) is 0 Å². The molecule has 0 aliphatic carbocycles. The van der Waals surface area contributed by atoms with E-state index in [2.05, 4.69) is 5.10 Å². The molecule has 14 heteroatoms. The molecule has 1 amide bonds. The third kappa shape index (κ3) is 4.59. The fraction of sp³-hybridized carbons (Fsp3) is 0.111. The van der Waals surface area contributed by atoms with Gasteiger partial charge in [0.15, 0.2) is 0 Å². The van der Waals surface area contributed by atoms with Gasteiger partial charge in [-0.25, -0.2) is 27.0 Å². The number of benzene rings is 2. The molecule has 0 saturated heterocycles. The summed E-state index contributed by atoms with van der Waals surface area (Å²) in [5.74, 6) is -3.33. The number of halogens is 6. The molecule has 4 N–H and O–H groups in total. The summed E-state index contributed by atoms with van der Waals surface area (Å²) >= 11 is 5.96. The number of aromatic nitrogens is 2. The van der Waals surface area contributed by atoms with E-state index in [9.17, 15) is 35.2 Å². The fourth-order valence-corrected chi connectivity index (χ4v) is 4.33. The Bertz CT molecular complexity index is 1320. The predicted molar refractivity (Wildman–Crippen MR) is 103 cm³/mol. The van der Waals surface area contributed by atoms with E-state index in [1.54, 1.807) is 0 Å². The van der Waals surface area contributed by atoms with Crippen LogP contribution in [0.15, 0.2) is 41.6 Å². The van der Waals surface area contributed by atoms with Crippen LogP contribution in [-0.4, -0.2) is 24.1 Å². The first-order valence-corrected chi connectivity index (χ1v) is 10.4. The molecule has 1 aromatic heterocycles. The number of rotatable bonds is 5. The van der Waals surface area contributed by atoms with Crippen molar-refractivity contribution in [1.29, 1.82) is 0 Å². The lowest BCUT2D eigenvalue weighted by atomic mass is 9.95. The number of primary sulfonamides is 1. The number of nitrogens with two attached hydrogens (primary N) is 2. The summed E-state index contributed by atoms with van der Waals surface area (Å²) in [5.41, 5.74) is 2.12. The first-order valence-electron chi connectivity index (χ1n) is 8.44. The minimum atomic E-state index is -4.80. The van der Waals surface area contributed by atoms with Crippen molar-refractivity contribution in [3.63, 3.8) is 0 Å². The van der Waals surface area contributed by atoms with Crippen LogP contribution in [0.1, 0.15) is 11.1 Å². The molecule has 1 heterocycles. The fourth-order valence-electron chi connectivity index (χ4n) is 3.07. The molecule has 0 atom stereocenters. The summed E-state index contributed by atoms with van der Waals surface area (Å²) in [5, 5.41) is 8.24. The zero-order valence-corrected chi connectivity index (χ0v) is 17.2. The summed E-state index contributed by atoms with van der Waals surface area (Å²) in [7, 11) is -4.80. The SMILES string of the molecule is NC(=O)Cc1ccc(-n2cc(C(F)(F)F)cn2)c(S(N)(=O)=O)c1-c1c(F)cc(F)cc1Cl. The van der Waals surface area contributed by atoms with E-state index in [1.165, 1.54) is 0 Å².